The van der Waals surface area contributed by atoms with Crippen LogP contribution < -0.4 is 4.90 Å². The SMILES string of the molecule is CCN1c2ccc(/C=C(/C#N)c3ccc(Br)cc3)cc2[C@H](C)CC1(C)C. The predicted octanol–water partition coefficient (Wildman–Crippen LogP) is 6.63. The molecule has 0 aliphatic carbocycles. The van der Waals surface area contributed by atoms with Gasteiger partial charge in [-0.15, -0.1) is 0 Å². The number of hydrogen-bond donors (Lipinski definition) is 0. The zero-order chi connectivity index (χ0) is 18.9. The largest absolute Gasteiger partial charge is 0.366 e. The molecular weight excluding hydrogens is 384 g/mol. The molecule has 0 radical (unpaired) electrons. The van der Waals surface area contributed by atoms with Crippen LogP contribution in [0.15, 0.2) is 46.9 Å². The summed E-state index contributed by atoms with van der Waals surface area (Å²) in [5.74, 6) is 0.509. The lowest BCUT2D eigenvalue weighted by Gasteiger charge is -2.47. The standard InChI is InChI=1S/C23H25BrN2/c1-5-26-22-11-6-17(13-21(22)16(2)14-23(26,3)4)12-19(15-25)18-7-9-20(24)10-8-18/h6-13,16H,5,14H2,1-4H3/b19-12-/t16-/m1/s1. The number of rotatable bonds is 3. The van der Waals surface area contributed by atoms with E-state index in [2.05, 4.69) is 72.8 Å². The van der Waals surface area contributed by atoms with E-state index < -0.39 is 0 Å². The van der Waals surface area contributed by atoms with Crippen molar-refractivity contribution in [2.24, 2.45) is 0 Å². The molecule has 2 nitrogen and oxygen atoms in total. The second-order valence-corrected chi connectivity index (χ2v) is 8.57. The Balaban J connectivity index is 2.02. The van der Waals surface area contributed by atoms with Gasteiger partial charge in [-0.25, -0.2) is 0 Å². The Bertz CT molecular complexity index is 872. The van der Waals surface area contributed by atoms with Crippen LogP contribution in [0.2, 0.25) is 0 Å². The van der Waals surface area contributed by atoms with Gasteiger partial charge >= 0.3 is 0 Å². The van der Waals surface area contributed by atoms with Crippen molar-refractivity contribution in [1.82, 2.24) is 0 Å². The van der Waals surface area contributed by atoms with Crippen molar-refractivity contribution in [2.45, 2.75) is 45.6 Å². The number of allylic oxidation sites excluding steroid dienone is 1. The van der Waals surface area contributed by atoms with E-state index in [4.69, 9.17) is 0 Å². The van der Waals surface area contributed by atoms with Crippen LogP contribution >= 0.6 is 15.9 Å². The first-order chi connectivity index (χ1) is 12.4. The highest BCUT2D eigenvalue weighted by molar-refractivity contribution is 9.10. The van der Waals surface area contributed by atoms with E-state index in [-0.39, 0.29) is 5.54 Å². The summed E-state index contributed by atoms with van der Waals surface area (Å²) in [5.41, 5.74) is 5.61. The van der Waals surface area contributed by atoms with E-state index >= 15 is 0 Å². The number of hydrogen-bond acceptors (Lipinski definition) is 2. The van der Waals surface area contributed by atoms with E-state index in [1.807, 2.05) is 30.3 Å². The van der Waals surface area contributed by atoms with Crippen LogP contribution in [0.4, 0.5) is 5.69 Å². The van der Waals surface area contributed by atoms with Gasteiger partial charge in [-0.1, -0.05) is 41.1 Å². The van der Waals surface area contributed by atoms with Gasteiger partial charge in [-0.05, 0) is 80.1 Å². The Morgan fingerprint density at radius 2 is 1.96 bits per heavy atom. The summed E-state index contributed by atoms with van der Waals surface area (Å²) < 4.78 is 1.02. The van der Waals surface area contributed by atoms with Crippen LogP contribution in [-0.4, -0.2) is 12.1 Å². The minimum absolute atomic E-state index is 0.174. The van der Waals surface area contributed by atoms with Gasteiger partial charge < -0.3 is 4.90 Å². The fraction of sp³-hybridized carbons (Fsp3) is 0.348. The van der Waals surface area contributed by atoms with E-state index in [0.717, 1.165) is 28.6 Å². The van der Waals surface area contributed by atoms with Gasteiger partial charge in [0.2, 0.25) is 0 Å². The highest BCUT2D eigenvalue weighted by Gasteiger charge is 2.35. The fourth-order valence-electron chi connectivity index (χ4n) is 4.17. The molecule has 3 heteroatoms. The van der Waals surface area contributed by atoms with Gasteiger partial charge in [0.15, 0.2) is 0 Å². The molecule has 0 fully saturated rings. The van der Waals surface area contributed by atoms with Crippen molar-refractivity contribution in [3.05, 3.63) is 63.6 Å². The summed E-state index contributed by atoms with van der Waals surface area (Å²) in [4.78, 5) is 2.50. The molecule has 2 aromatic rings. The Kier molecular flexibility index (Phi) is 5.25. The van der Waals surface area contributed by atoms with Gasteiger partial charge in [0, 0.05) is 22.2 Å². The van der Waals surface area contributed by atoms with E-state index in [1.165, 1.54) is 11.3 Å². The normalized spacial score (nSPS) is 19.0. The van der Waals surface area contributed by atoms with Crippen LogP contribution in [0.1, 0.15) is 56.7 Å². The second kappa shape index (κ2) is 7.29. The molecule has 0 spiro atoms. The molecule has 0 aromatic heterocycles. The van der Waals surface area contributed by atoms with Crippen molar-refractivity contribution >= 4 is 33.3 Å². The summed E-state index contributed by atoms with van der Waals surface area (Å²) in [5, 5.41) is 9.61. The third kappa shape index (κ3) is 3.57. The molecule has 0 amide bonds. The average Bonchev–Trinajstić information content (AvgIpc) is 2.60. The molecule has 1 atom stereocenters. The average molecular weight is 409 g/mol. The quantitative estimate of drug-likeness (QED) is 0.421. The minimum Gasteiger partial charge on any atom is -0.366 e. The summed E-state index contributed by atoms with van der Waals surface area (Å²) >= 11 is 3.45. The zero-order valence-electron chi connectivity index (χ0n) is 15.9. The van der Waals surface area contributed by atoms with Crippen molar-refractivity contribution in [3.8, 4) is 6.07 Å². The number of nitriles is 1. The number of fused-ring (bicyclic) bond motifs is 1. The van der Waals surface area contributed by atoms with Crippen LogP contribution in [0.25, 0.3) is 11.6 Å². The van der Waals surface area contributed by atoms with Gasteiger partial charge in [0.1, 0.15) is 0 Å². The molecule has 0 bridgehead atoms. The fourth-order valence-corrected chi connectivity index (χ4v) is 4.44. The van der Waals surface area contributed by atoms with Crippen molar-refractivity contribution in [1.29, 1.82) is 5.26 Å². The highest BCUT2D eigenvalue weighted by atomic mass is 79.9. The van der Waals surface area contributed by atoms with E-state index in [0.29, 0.717) is 11.5 Å². The van der Waals surface area contributed by atoms with Crippen molar-refractivity contribution < 1.29 is 0 Å². The Hall–Kier alpha value is -2.05. The lowest BCUT2D eigenvalue weighted by Crippen LogP contribution is -2.48. The maximum Gasteiger partial charge on any atom is 0.0998 e. The summed E-state index contributed by atoms with van der Waals surface area (Å²) in [6, 6.07) is 16.8. The highest BCUT2D eigenvalue weighted by Crippen LogP contribution is 2.43. The summed E-state index contributed by atoms with van der Waals surface area (Å²) in [7, 11) is 0. The van der Waals surface area contributed by atoms with Crippen LogP contribution in [-0.2, 0) is 0 Å². The van der Waals surface area contributed by atoms with Gasteiger partial charge in [-0.3, -0.25) is 0 Å². The Labute approximate surface area is 165 Å². The molecule has 26 heavy (non-hydrogen) atoms. The molecule has 0 N–H and O–H groups in total. The van der Waals surface area contributed by atoms with E-state index in [1.54, 1.807) is 0 Å². The second-order valence-electron chi connectivity index (χ2n) is 7.66. The maximum atomic E-state index is 9.61. The maximum absolute atomic E-state index is 9.61. The molecule has 0 unspecified atom stereocenters. The predicted molar refractivity (Wildman–Crippen MR) is 114 cm³/mol. The lowest BCUT2D eigenvalue weighted by molar-refractivity contribution is 0.381. The molecule has 1 heterocycles. The van der Waals surface area contributed by atoms with E-state index in [9.17, 15) is 5.26 Å². The number of nitrogens with zero attached hydrogens (tertiary/aromatic N) is 2. The molecule has 0 saturated heterocycles. The van der Waals surface area contributed by atoms with Crippen LogP contribution in [0.3, 0.4) is 0 Å². The third-order valence-electron chi connectivity index (χ3n) is 5.31. The van der Waals surface area contributed by atoms with Gasteiger partial charge in [-0.2, -0.15) is 5.26 Å². The zero-order valence-corrected chi connectivity index (χ0v) is 17.5. The Morgan fingerprint density at radius 1 is 1.27 bits per heavy atom. The first-order valence-corrected chi connectivity index (χ1v) is 9.94. The monoisotopic (exact) mass is 408 g/mol. The first kappa shape index (κ1) is 18.7. The molecular formula is C23H25BrN2. The molecule has 1 aliphatic heterocycles. The first-order valence-electron chi connectivity index (χ1n) is 9.15. The number of halogens is 1. The molecule has 1 aliphatic rings. The minimum atomic E-state index is 0.174. The van der Waals surface area contributed by atoms with Crippen LogP contribution in [0, 0.1) is 11.3 Å². The smallest absolute Gasteiger partial charge is 0.0998 e. The summed E-state index contributed by atoms with van der Waals surface area (Å²) in [6.07, 6.45) is 3.13. The molecule has 2 aromatic carbocycles. The van der Waals surface area contributed by atoms with Crippen molar-refractivity contribution in [3.63, 3.8) is 0 Å². The molecule has 3 rings (SSSR count). The lowest BCUT2D eigenvalue weighted by atomic mass is 9.79. The topological polar surface area (TPSA) is 27.0 Å². The third-order valence-corrected chi connectivity index (χ3v) is 5.84. The van der Waals surface area contributed by atoms with Gasteiger partial charge in [0.05, 0.1) is 11.6 Å². The number of anilines is 1. The molecule has 134 valence electrons. The van der Waals surface area contributed by atoms with Gasteiger partial charge in [0.25, 0.3) is 0 Å². The summed E-state index contributed by atoms with van der Waals surface area (Å²) in [6.45, 7) is 10.2. The Morgan fingerprint density at radius 3 is 2.58 bits per heavy atom. The number of benzene rings is 2. The van der Waals surface area contributed by atoms with Crippen LogP contribution in [0.5, 0.6) is 0 Å². The van der Waals surface area contributed by atoms with Crippen molar-refractivity contribution in [2.75, 3.05) is 11.4 Å². The molecule has 0 saturated carbocycles.